The summed E-state index contributed by atoms with van der Waals surface area (Å²) in [5.74, 6) is 0. The zero-order valence-corrected chi connectivity index (χ0v) is 7.90. The highest BCUT2D eigenvalue weighted by atomic mass is 14.9. The summed E-state index contributed by atoms with van der Waals surface area (Å²) >= 11 is 0. The molecule has 0 amide bonds. The van der Waals surface area contributed by atoms with Gasteiger partial charge in [-0.3, -0.25) is 0 Å². The number of rotatable bonds is 0. The molecule has 1 N–H and O–H groups in total. The van der Waals surface area contributed by atoms with E-state index in [2.05, 4.69) is 17.5 Å². The van der Waals surface area contributed by atoms with Crippen LogP contribution in [0.5, 0.6) is 0 Å². The minimum atomic E-state index is 1.09. The minimum Gasteiger partial charge on any atom is -0.309 e. The summed E-state index contributed by atoms with van der Waals surface area (Å²) in [5.41, 5.74) is 6.50. The quantitative estimate of drug-likeness (QED) is 0.593. The first kappa shape index (κ1) is 7.57. The monoisotopic (exact) mass is 173 g/mol. The van der Waals surface area contributed by atoms with Crippen molar-refractivity contribution in [2.24, 2.45) is 0 Å². The Balaban J connectivity index is 2.14. The second kappa shape index (κ2) is 2.85. The maximum atomic E-state index is 3.49. The van der Waals surface area contributed by atoms with E-state index in [-0.39, 0.29) is 0 Å². The van der Waals surface area contributed by atoms with Gasteiger partial charge in [0.15, 0.2) is 0 Å². The van der Waals surface area contributed by atoms with Crippen LogP contribution >= 0.6 is 0 Å². The highest BCUT2D eigenvalue weighted by Gasteiger charge is 2.24. The molecule has 0 bridgehead atoms. The molecule has 0 saturated carbocycles. The van der Waals surface area contributed by atoms with Crippen molar-refractivity contribution in [1.29, 1.82) is 0 Å². The molecule has 0 aromatic rings. The Morgan fingerprint density at radius 1 is 1.00 bits per heavy atom. The third-order valence-electron chi connectivity index (χ3n) is 3.30. The smallest absolute Gasteiger partial charge is 0.0211 e. The van der Waals surface area contributed by atoms with Crippen LogP contribution in [0.3, 0.4) is 0 Å². The van der Waals surface area contributed by atoms with Gasteiger partial charge < -0.3 is 5.32 Å². The molecule has 0 unspecified atom stereocenters. The first-order valence-electron chi connectivity index (χ1n) is 5.27. The first-order chi connectivity index (χ1) is 6.45. The van der Waals surface area contributed by atoms with Crippen molar-refractivity contribution >= 4 is 0 Å². The van der Waals surface area contributed by atoms with Crippen molar-refractivity contribution < 1.29 is 0 Å². The Kier molecular flexibility index (Phi) is 1.66. The summed E-state index contributed by atoms with van der Waals surface area (Å²) in [6, 6.07) is 0. The van der Waals surface area contributed by atoms with Gasteiger partial charge in [0.2, 0.25) is 0 Å². The van der Waals surface area contributed by atoms with Crippen molar-refractivity contribution in [2.75, 3.05) is 13.1 Å². The van der Waals surface area contributed by atoms with E-state index in [4.69, 9.17) is 0 Å². The maximum Gasteiger partial charge on any atom is 0.0211 e. The summed E-state index contributed by atoms with van der Waals surface area (Å²) in [4.78, 5) is 0. The molecule has 1 aliphatic heterocycles. The topological polar surface area (TPSA) is 12.0 Å². The van der Waals surface area contributed by atoms with Crippen molar-refractivity contribution in [3.63, 3.8) is 0 Å². The largest absolute Gasteiger partial charge is 0.309 e. The molecule has 1 heteroatoms. The zero-order chi connectivity index (χ0) is 8.67. The molecule has 0 aromatic heterocycles. The molecule has 2 aliphatic carbocycles. The molecule has 0 saturated heterocycles. The fourth-order valence-electron chi connectivity index (χ4n) is 2.74. The molecule has 1 heterocycles. The highest BCUT2D eigenvalue weighted by molar-refractivity contribution is 5.56. The zero-order valence-electron chi connectivity index (χ0n) is 7.90. The Bertz CT molecular complexity index is 301. The predicted octanol–water partition coefficient (Wildman–Crippen LogP) is 2.33. The molecule has 3 aliphatic rings. The number of hydrogen-bond donors (Lipinski definition) is 1. The van der Waals surface area contributed by atoms with E-state index in [1.54, 1.807) is 22.3 Å². The molecule has 68 valence electrons. The standard InChI is InChI=1S/C12H15N/c1-3-9-4-2-6-11-8-13-7-10(5-1)12(9)11/h3,5,13H,1-2,4,6-8H2. The summed E-state index contributed by atoms with van der Waals surface area (Å²) in [6.45, 7) is 2.22. The van der Waals surface area contributed by atoms with Crippen LogP contribution in [-0.2, 0) is 0 Å². The van der Waals surface area contributed by atoms with E-state index in [1.807, 2.05) is 0 Å². The van der Waals surface area contributed by atoms with Gasteiger partial charge in [-0.15, -0.1) is 0 Å². The minimum absolute atomic E-state index is 1.09. The van der Waals surface area contributed by atoms with E-state index in [1.165, 1.54) is 19.3 Å². The molecule has 1 nitrogen and oxygen atoms in total. The van der Waals surface area contributed by atoms with Gasteiger partial charge in [0.05, 0.1) is 0 Å². The summed E-state index contributed by atoms with van der Waals surface area (Å²) in [7, 11) is 0. The second-order valence-electron chi connectivity index (χ2n) is 4.13. The molecular formula is C12H15N. The summed E-state index contributed by atoms with van der Waals surface area (Å²) < 4.78 is 0. The Morgan fingerprint density at radius 2 is 1.92 bits per heavy atom. The van der Waals surface area contributed by atoms with E-state index in [0.29, 0.717) is 0 Å². The molecular weight excluding hydrogens is 158 g/mol. The number of allylic oxidation sites excluding steroid dienone is 3. The molecule has 3 rings (SSSR count). The van der Waals surface area contributed by atoms with Gasteiger partial charge in [-0.25, -0.2) is 0 Å². The van der Waals surface area contributed by atoms with Crippen LogP contribution in [0.4, 0.5) is 0 Å². The van der Waals surface area contributed by atoms with Crippen LogP contribution in [0.15, 0.2) is 34.4 Å². The molecule has 0 aromatic carbocycles. The lowest BCUT2D eigenvalue weighted by molar-refractivity contribution is 0.660. The molecule has 13 heavy (non-hydrogen) atoms. The maximum absolute atomic E-state index is 3.49. The summed E-state index contributed by atoms with van der Waals surface area (Å²) in [6.07, 6.45) is 9.95. The van der Waals surface area contributed by atoms with Crippen molar-refractivity contribution in [3.8, 4) is 0 Å². The van der Waals surface area contributed by atoms with Gasteiger partial charge in [-0.2, -0.15) is 0 Å². The average Bonchev–Trinajstić information content (AvgIpc) is 2.19. The first-order valence-corrected chi connectivity index (χ1v) is 5.27. The van der Waals surface area contributed by atoms with Gasteiger partial charge in [-0.05, 0) is 48.0 Å². The van der Waals surface area contributed by atoms with Crippen molar-refractivity contribution in [3.05, 3.63) is 34.4 Å². The van der Waals surface area contributed by atoms with Crippen LogP contribution in [0, 0.1) is 0 Å². The summed E-state index contributed by atoms with van der Waals surface area (Å²) in [5, 5.41) is 3.49. The van der Waals surface area contributed by atoms with Gasteiger partial charge in [0.1, 0.15) is 0 Å². The van der Waals surface area contributed by atoms with E-state index in [0.717, 1.165) is 19.5 Å². The molecule has 0 spiro atoms. The lowest BCUT2D eigenvalue weighted by Crippen LogP contribution is -2.30. The highest BCUT2D eigenvalue weighted by Crippen LogP contribution is 2.38. The molecule has 0 atom stereocenters. The lowest BCUT2D eigenvalue weighted by atomic mass is 9.78. The number of hydrogen-bond acceptors (Lipinski definition) is 1. The third kappa shape index (κ3) is 1.11. The van der Waals surface area contributed by atoms with Crippen LogP contribution < -0.4 is 5.32 Å². The molecule has 0 radical (unpaired) electrons. The Morgan fingerprint density at radius 3 is 2.92 bits per heavy atom. The van der Waals surface area contributed by atoms with Gasteiger partial charge >= 0.3 is 0 Å². The van der Waals surface area contributed by atoms with Gasteiger partial charge in [0.25, 0.3) is 0 Å². The fourth-order valence-corrected chi connectivity index (χ4v) is 2.74. The van der Waals surface area contributed by atoms with E-state index in [9.17, 15) is 0 Å². The van der Waals surface area contributed by atoms with Crippen molar-refractivity contribution in [2.45, 2.75) is 25.7 Å². The normalized spacial score (nSPS) is 26.5. The lowest BCUT2D eigenvalue weighted by Gasteiger charge is -2.32. The SMILES string of the molecule is C1=C2CCCC3=C2C(=CC1)CNC3. The average molecular weight is 173 g/mol. The van der Waals surface area contributed by atoms with E-state index < -0.39 is 0 Å². The predicted molar refractivity (Wildman–Crippen MR) is 54.5 cm³/mol. The van der Waals surface area contributed by atoms with Crippen molar-refractivity contribution in [1.82, 2.24) is 5.32 Å². The Hall–Kier alpha value is -0.820. The van der Waals surface area contributed by atoms with Crippen LogP contribution in [0.2, 0.25) is 0 Å². The van der Waals surface area contributed by atoms with Crippen LogP contribution in [0.1, 0.15) is 25.7 Å². The third-order valence-corrected chi connectivity index (χ3v) is 3.30. The number of nitrogens with one attached hydrogen (secondary N) is 1. The van der Waals surface area contributed by atoms with Gasteiger partial charge in [0, 0.05) is 13.1 Å². The van der Waals surface area contributed by atoms with E-state index >= 15 is 0 Å². The van der Waals surface area contributed by atoms with Gasteiger partial charge in [-0.1, -0.05) is 12.2 Å². The fraction of sp³-hybridized carbons (Fsp3) is 0.500. The second-order valence-corrected chi connectivity index (χ2v) is 4.13. The van der Waals surface area contributed by atoms with Crippen LogP contribution in [-0.4, -0.2) is 13.1 Å². The van der Waals surface area contributed by atoms with Crippen LogP contribution in [0.25, 0.3) is 0 Å². The Labute approximate surface area is 79.2 Å². The molecule has 0 fully saturated rings.